The average Bonchev–Trinajstić information content (AvgIpc) is 3.42. The van der Waals surface area contributed by atoms with Gasteiger partial charge >= 0.3 is 0 Å². The van der Waals surface area contributed by atoms with Crippen molar-refractivity contribution in [3.8, 4) is 11.8 Å². The van der Waals surface area contributed by atoms with Crippen LogP contribution in [0.25, 0.3) is 0 Å². The minimum absolute atomic E-state index is 0.117. The Balaban J connectivity index is 1.90. The van der Waals surface area contributed by atoms with Crippen LogP contribution >= 0.6 is 0 Å². The molecule has 1 aliphatic carbocycles. The Morgan fingerprint density at radius 3 is 2.33 bits per heavy atom. The molecule has 140 valence electrons. The van der Waals surface area contributed by atoms with Crippen LogP contribution in [0.4, 0.5) is 0 Å². The summed E-state index contributed by atoms with van der Waals surface area (Å²) in [5, 5.41) is 2.71. The summed E-state index contributed by atoms with van der Waals surface area (Å²) in [6, 6.07) is 12.5. The number of hydrogen-bond donors (Lipinski definition) is 1. The van der Waals surface area contributed by atoms with E-state index < -0.39 is 0 Å². The molecule has 1 fully saturated rings. The molecule has 2 unspecified atom stereocenters. The minimum Gasteiger partial charge on any atom is -0.354 e. The van der Waals surface area contributed by atoms with Crippen LogP contribution in [0.15, 0.2) is 36.4 Å². The first-order chi connectivity index (χ1) is 13.1. The van der Waals surface area contributed by atoms with Crippen molar-refractivity contribution in [2.45, 2.75) is 46.0 Å². The summed E-state index contributed by atoms with van der Waals surface area (Å²) in [7, 11) is 1.66. The molecular weight excluding hydrogens is 332 g/mol. The number of benzene rings is 1. The van der Waals surface area contributed by atoms with Crippen molar-refractivity contribution in [3.05, 3.63) is 64.5 Å². The molecule has 1 aliphatic rings. The van der Waals surface area contributed by atoms with Gasteiger partial charge in [-0.2, -0.15) is 0 Å². The highest BCUT2D eigenvalue weighted by Crippen LogP contribution is 2.57. The van der Waals surface area contributed by atoms with Gasteiger partial charge in [-0.15, -0.1) is 5.92 Å². The highest BCUT2D eigenvalue weighted by atomic mass is 16.1. The van der Waals surface area contributed by atoms with Crippen molar-refractivity contribution >= 4 is 5.91 Å². The zero-order valence-corrected chi connectivity index (χ0v) is 16.7. The van der Waals surface area contributed by atoms with E-state index in [2.05, 4.69) is 54.2 Å². The quantitative estimate of drug-likeness (QED) is 0.768. The minimum atomic E-state index is -0.117. The summed E-state index contributed by atoms with van der Waals surface area (Å²) in [5.41, 5.74) is 4.94. The number of rotatable bonds is 6. The topological polar surface area (TPSA) is 42.0 Å². The fraction of sp³-hybridized carbons (Fsp3) is 0.417. The molecule has 0 saturated heterocycles. The molecule has 1 saturated carbocycles. The van der Waals surface area contributed by atoms with Crippen molar-refractivity contribution in [2.24, 2.45) is 11.8 Å². The lowest BCUT2D eigenvalue weighted by molar-refractivity contribution is 0.0958. The third kappa shape index (κ3) is 4.22. The number of hydrogen-bond acceptors (Lipinski definition) is 2. The van der Waals surface area contributed by atoms with Gasteiger partial charge < -0.3 is 5.32 Å². The lowest BCUT2D eigenvalue weighted by atomic mass is 10.0. The smallest absolute Gasteiger partial charge is 0.269 e. The first-order valence-electron chi connectivity index (χ1n) is 9.85. The molecule has 0 radical (unpaired) electrons. The van der Waals surface area contributed by atoms with Crippen molar-refractivity contribution in [1.82, 2.24) is 10.3 Å². The van der Waals surface area contributed by atoms with E-state index in [4.69, 9.17) is 0 Å². The fourth-order valence-electron chi connectivity index (χ4n) is 4.25. The zero-order chi connectivity index (χ0) is 19.4. The van der Waals surface area contributed by atoms with Crippen molar-refractivity contribution in [3.63, 3.8) is 0 Å². The average molecular weight is 361 g/mol. The molecule has 2 atom stereocenters. The Labute approximate surface area is 162 Å². The van der Waals surface area contributed by atoms with Crippen LogP contribution in [0.5, 0.6) is 0 Å². The van der Waals surface area contributed by atoms with Gasteiger partial charge in [0.1, 0.15) is 5.69 Å². The molecule has 0 bridgehead atoms. The van der Waals surface area contributed by atoms with Gasteiger partial charge in [0, 0.05) is 24.7 Å². The zero-order valence-electron chi connectivity index (χ0n) is 16.7. The van der Waals surface area contributed by atoms with E-state index in [9.17, 15) is 4.79 Å². The third-order valence-corrected chi connectivity index (χ3v) is 5.63. The van der Waals surface area contributed by atoms with Crippen molar-refractivity contribution < 1.29 is 4.79 Å². The Morgan fingerprint density at radius 2 is 1.78 bits per heavy atom. The molecule has 0 aliphatic heterocycles. The van der Waals surface area contributed by atoms with Crippen LogP contribution in [-0.2, 0) is 6.42 Å². The molecule has 3 rings (SSSR count). The van der Waals surface area contributed by atoms with Gasteiger partial charge in [-0.25, -0.2) is 4.98 Å². The van der Waals surface area contributed by atoms with E-state index in [1.165, 1.54) is 24.0 Å². The third-order valence-electron chi connectivity index (χ3n) is 5.63. The molecule has 3 heteroatoms. The Morgan fingerprint density at radius 1 is 1.11 bits per heavy atom. The first-order valence-corrected chi connectivity index (χ1v) is 9.85. The predicted molar refractivity (Wildman–Crippen MR) is 110 cm³/mol. The monoisotopic (exact) mass is 360 g/mol. The number of pyridine rings is 1. The van der Waals surface area contributed by atoms with Crippen LogP contribution in [0.1, 0.15) is 72.4 Å². The van der Waals surface area contributed by atoms with E-state index in [1.807, 2.05) is 25.1 Å². The summed E-state index contributed by atoms with van der Waals surface area (Å²) in [6.45, 7) is 6.36. The molecule has 0 spiro atoms. The Bertz CT molecular complexity index is 863. The molecule has 1 aromatic carbocycles. The van der Waals surface area contributed by atoms with Crippen molar-refractivity contribution in [1.29, 1.82) is 0 Å². The van der Waals surface area contributed by atoms with Gasteiger partial charge in [-0.05, 0) is 60.1 Å². The van der Waals surface area contributed by atoms with E-state index in [1.54, 1.807) is 7.05 Å². The maximum Gasteiger partial charge on any atom is 0.269 e. The number of carbonyl (C=O) groups excluding carboxylic acids is 1. The van der Waals surface area contributed by atoms with Crippen LogP contribution in [-0.4, -0.2) is 17.9 Å². The number of carbonyl (C=O) groups is 1. The number of nitrogens with zero attached hydrogens (tertiary/aromatic N) is 1. The van der Waals surface area contributed by atoms with Gasteiger partial charge in [-0.1, -0.05) is 44.7 Å². The maximum atomic E-state index is 12.2. The summed E-state index contributed by atoms with van der Waals surface area (Å²) < 4.78 is 0. The van der Waals surface area contributed by atoms with Crippen LogP contribution < -0.4 is 5.32 Å². The van der Waals surface area contributed by atoms with Crippen LogP contribution in [0.3, 0.4) is 0 Å². The van der Waals surface area contributed by atoms with Gasteiger partial charge in [-0.3, -0.25) is 4.79 Å². The van der Waals surface area contributed by atoms with Gasteiger partial charge in [0.25, 0.3) is 5.91 Å². The number of aromatic nitrogens is 1. The summed E-state index contributed by atoms with van der Waals surface area (Å²) >= 11 is 0. The first kappa shape index (κ1) is 19.2. The highest BCUT2D eigenvalue weighted by Gasteiger charge is 2.48. The molecule has 1 heterocycles. The second-order valence-electron chi connectivity index (χ2n) is 7.27. The normalized spacial score (nSPS) is 20.5. The molecule has 27 heavy (non-hydrogen) atoms. The molecule has 2 aromatic rings. The van der Waals surface area contributed by atoms with Crippen LogP contribution in [0.2, 0.25) is 0 Å². The lowest BCUT2D eigenvalue weighted by Gasteiger charge is -2.09. The second-order valence-corrected chi connectivity index (χ2v) is 7.27. The number of amides is 1. The maximum absolute atomic E-state index is 12.2. The Kier molecular flexibility index (Phi) is 5.96. The summed E-state index contributed by atoms with van der Waals surface area (Å²) in [4.78, 5) is 16.9. The molecular formula is C24H28N2O. The molecule has 1 N–H and O–H groups in total. The number of nitrogens with one attached hydrogen (secondary N) is 1. The summed E-state index contributed by atoms with van der Waals surface area (Å²) in [5.74, 6) is 7.89. The van der Waals surface area contributed by atoms with E-state index in [0.717, 1.165) is 29.5 Å². The van der Waals surface area contributed by atoms with E-state index in [-0.39, 0.29) is 5.91 Å². The van der Waals surface area contributed by atoms with Gasteiger partial charge in [0.2, 0.25) is 0 Å². The molecule has 1 amide bonds. The van der Waals surface area contributed by atoms with Gasteiger partial charge in [0.05, 0.1) is 0 Å². The highest BCUT2D eigenvalue weighted by molar-refractivity contribution is 5.92. The largest absolute Gasteiger partial charge is 0.354 e. The predicted octanol–water partition coefficient (Wildman–Crippen LogP) is 4.55. The standard InChI is InChI=1S/C24H28N2O/c1-5-8-16-9-11-17(12-10-16)13-19-14-18(15-22(26-19)24(27)25-4)23-20(6-2)21(23)7-3/h9-12,14-15,20-21,23H,6-7,13H2,1-4H3,(H,25,27). The molecule has 1 aromatic heterocycles. The fourth-order valence-corrected chi connectivity index (χ4v) is 4.25. The second kappa shape index (κ2) is 8.39. The molecule has 3 nitrogen and oxygen atoms in total. The van der Waals surface area contributed by atoms with Gasteiger partial charge in [0.15, 0.2) is 0 Å². The Hall–Kier alpha value is -2.60. The van der Waals surface area contributed by atoms with Crippen molar-refractivity contribution in [2.75, 3.05) is 7.05 Å². The lowest BCUT2D eigenvalue weighted by Crippen LogP contribution is -2.20. The SMILES string of the molecule is CC#Cc1ccc(Cc2cc(C3C(CC)C3CC)cc(C(=O)NC)n2)cc1. The van der Waals surface area contributed by atoms with E-state index in [0.29, 0.717) is 11.6 Å². The van der Waals surface area contributed by atoms with Crippen LogP contribution in [0, 0.1) is 23.7 Å². The van der Waals surface area contributed by atoms with E-state index >= 15 is 0 Å². The summed E-state index contributed by atoms with van der Waals surface area (Å²) in [6.07, 6.45) is 3.10.